The standard InChI is InChI=1S/C22H36N2O4/c1-17(2)23(3)15-19(25)16-27-20-6-5-18(13-21(20)26-4)14-24-10-7-22(8-11-24)9-12-28-22/h5-6,13,17,19,25H,7-12,14-16H2,1-4H3/t19-/m0/s1. The van der Waals surface area contributed by atoms with E-state index in [1.54, 1.807) is 7.11 Å². The molecule has 6 heteroatoms. The van der Waals surface area contributed by atoms with Gasteiger partial charge in [0.1, 0.15) is 12.7 Å². The van der Waals surface area contributed by atoms with E-state index in [0.717, 1.165) is 44.8 Å². The summed E-state index contributed by atoms with van der Waals surface area (Å²) in [6.45, 7) is 9.05. The first kappa shape index (κ1) is 21.4. The quantitative estimate of drug-likeness (QED) is 0.697. The van der Waals surface area contributed by atoms with Gasteiger partial charge in [0.2, 0.25) is 0 Å². The lowest BCUT2D eigenvalue weighted by atomic mass is 9.84. The van der Waals surface area contributed by atoms with E-state index in [-0.39, 0.29) is 12.2 Å². The van der Waals surface area contributed by atoms with Crippen LogP contribution in [0.3, 0.4) is 0 Å². The van der Waals surface area contributed by atoms with Gasteiger partial charge in [0.15, 0.2) is 11.5 Å². The summed E-state index contributed by atoms with van der Waals surface area (Å²) >= 11 is 0. The molecule has 6 nitrogen and oxygen atoms in total. The number of nitrogens with zero attached hydrogens (tertiary/aromatic N) is 2. The number of likely N-dealkylation sites (tertiary alicyclic amines) is 1. The predicted molar refractivity (Wildman–Crippen MR) is 110 cm³/mol. The Labute approximate surface area is 169 Å². The molecule has 2 heterocycles. The topological polar surface area (TPSA) is 54.4 Å². The lowest BCUT2D eigenvalue weighted by molar-refractivity contribution is -0.173. The lowest BCUT2D eigenvalue weighted by Crippen LogP contribution is -2.52. The maximum Gasteiger partial charge on any atom is 0.161 e. The van der Waals surface area contributed by atoms with Gasteiger partial charge in [0, 0.05) is 32.2 Å². The number of rotatable bonds is 9. The van der Waals surface area contributed by atoms with Crippen LogP contribution >= 0.6 is 0 Å². The normalized spacial score (nSPS) is 20.4. The van der Waals surface area contributed by atoms with Crippen LogP contribution in [-0.4, -0.2) is 79.7 Å². The first-order chi connectivity index (χ1) is 13.4. The summed E-state index contributed by atoms with van der Waals surface area (Å²) in [4.78, 5) is 4.58. The first-order valence-electron chi connectivity index (χ1n) is 10.4. The number of hydrogen-bond acceptors (Lipinski definition) is 6. The summed E-state index contributed by atoms with van der Waals surface area (Å²) in [6.07, 6.45) is 2.95. The fourth-order valence-electron chi connectivity index (χ4n) is 3.87. The molecule has 0 amide bonds. The van der Waals surface area contributed by atoms with Gasteiger partial charge in [0.05, 0.1) is 19.3 Å². The highest BCUT2D eigenvalue weighted by atomic mass is 16.5. The molecule has 1 atom stereocenters. The number of methoxy groups -OCH3 is 1. The lowest BCUT2D eigenvalue weighted by Gasteiger charge is -2.47. The monoisotopic (exact) mass is 392 g/mol. The van der Waals surface area contributed by atoms with E-state index in [0.29, 0.717) is 18.3 Å². The second kappa shape index (κ2) is 9.44. The largest absolute Gasteiger partial charge is 0.493 e. The van der Waals surface area contributed by atoms with Gasteiger partial charge < -0.3 is 24.2 Å². The molecule has 0 aliphatic carbocycles. The minimum atomic E-state index is -0.536. The van der Waals surface area contributed by atoms with Crippen molar-refractivity contribution in [2.24, 2.45) is 0 Å². The van der Waals surface area contributed by atoms with E-state index < -0.39 is 6.10 Å². The molecule has 1 aromatic carbocycles. The Bertz CT molecular complexity index is 623. The van der Waals surface area contributed by atoms with E-state index in [2.05, 4.69) is 29.7 Å². The molecule has 1 aromatic rings. The molecule has 28 heavy (non-hydrogen) atoms. The Balaban J connectivity index is 1.50. The Kier molecular flexibility index (Phi) is 7.20. The van der Waals surface area contributed by atoms with Crippen LogP contribution < -0.4 is 9.47 Å². The molecule has 2 saturated heterocycles. The zero-order valence-electron chi connectivity index (χ0n) is 17.8. The first-order valence-corrected chi connectivity index (χ1v) is 10.4. The SMILES string of the molecule is COc1cc(CN2CCC3(CCO3)CC2)ccc1OC[C@@H](O)CN(C)C(C)C. The minimum absolute atomic E-state index is 0.191. The second-order valence-electron chi connectivity index (χ2n) is 8.54. The van der Waals surface area contributed by atoms with Gasteiger partial charge >= 0.3 is 0 Å². The van der Waals surface area contributed by atoms with Crippen molar-refractivity contribution in [1.29, 1.82) is 0 Å². The molecule has 0 radical (unpaired) electrons. The number of ether oxygens (including phenoxy) is 3. The van der Waals surface area contributed by atoms with Gasteiger partial charge in [-0.3, -0.25) is 4.90 Å². The van der Waals surface area contributed by atoms with Crippen molar-refractivity contribution in [2.75, 3.05) is 47.0 Å². The van der Waals surface area contributed by atoms with Crippen molar-refractivity contribution in [3.8, 4) is 11.5 Å². The molecule has 2 aliphatic heterocycles. The molecule has 0 bridgehead atoms. The van der Waals surface area contributed by atoms with E-state index in [4.69, 9.17) is 14.2 Å². The zero-order chi connectivity index (χ0) is 20.1. The molecule has 158 valence electrons. The van der Waals surface area contributed by atoms with Crippen LogP contribution in [0.1, 0.15) is 38.7 Å². The average Bonchev–Trinajstić information content (AvgIpc) is 2.66. The third-order valence-corrected chi connectivity index (χ3v) is 6.18. The van der Waals surface area contributed by atoms with Crippen molar-refractivity contribution < 1.29 is 19.3 Å². The van der Waals surface area contributed by atoms with E-state index in [1.165, 1.54) is 12.0 Å². The molecule has 0 saturated carbocycles. The summed E-state index contributed by atoms with van der Waals surface area (Å²) in [5.74, 6) is 1.40. The fraction of sp³-hybridized carbons (Fsp3) is 0.727. The Morgan fingerprint density at radius 1 is 1.21 bits per heavy atom. The van der Waals surface area contributed by atoms with Crippen LogP contribution in [0.15, 0.2) is 18.2 Å². The van der Waals surface area contributed by atoms with Gasteiger partial charge in [-0.25, -0.2) is 0 Å². The highest BCUT2D eigenvalue weighted by molar-refractivity contribution is 5.43. The summed E-state index contributed by atoms with van der Waals surface area (Å²) in [6, 6.07) is 6.48. The van der Waals surface area contributed by atoms with Crippen LogP contribution in [0.4, 0.5) is 0 Å². The smallest absolute Gasteiger partial charge is 0.161 e. The third kappa shape index (κ3) is 5.38. The van der Waals surface area contributed by atoms with Crippen LogP contribution in [-0.2, 0) is 11.3 Å². The number of aliphatic hydroxyl groups is 1. The Hall–Kier alpha value is -1.34. The van der Waals surface area contributed by atoms with Crippen molar-refractivity contribution in [3.05, 3.63) is 23.8 Å². The van der Waals surface area contributed by atoms with Crippen LogP contribution in [0, 0.1) is 0 Å². The second-order valence-corrected chi connectivity index (χ2v) is 8.54. The zero-order valence-corrected chi connectivity index (χ0v) is 17.8. The Morgan fingerprint density at radius 2 is 1.93 bits per heavy atom. The minimum Gasteiger partial charge on any atom is -0.493 e. The highest BCUT2D eigenvalue weighted by Crippen LogP contribution is 2.37. The molecule has 0 unspecified atom stereocenters. The molecular formula is C22H36N2O4. The van der Waals surface area contributed by atoms with Crippen LogP contribution in [0.5, 0.6) is 11.5 Å². The summed E-state index contributed by atoms with van der Waals surface area (Å²) in [5.41, 5.74) is 1.41. The van der Waals surface area contributed by atoms with E-state index in [1.807, 2.05) is 19.2 Å². The van der Waals surface area contributed by atoms with Crippen molar-refractivity contribution in [3.63, 3.8) is 0 Å². The summed E-state index contributed by atoms with van der Waals surface area (Å²) in [7, 11) is 3.66. The van der Waals surface area contributed by atoms with E-state index in [9.17, 15) is 5.11 Å². The van der Waals surface area contributed by atoms with Crippen molar-refractivity contribution in [2.45, 2.75) is 57.4 Å². The fourth-order valence-corrected chi connectivity index (χ4v) is 3.87. The van der Waals surface area contributed by atoms with E-state index >= 15 is 0 Å². The number of hydrogen-bond donors (Lipinski definition) is 1. The van der Waals surface area contributed by atoms with Gasteiger partial charge in [-0.1, -0.05) is 6.07 Å². The molecule has 3 rings (SSSR count). The van der Waals surface area contributed by atoms with Gasteiger partial charge in [-0.05, 0) is 57.9 Å². The molecule has 1 N–H and O–H groups in total. The average molecular weight is 393 g/mol. The summed E-state index contributed by atoms with van der Waals surface area (Å²) < 4.78 is 17.2. The van der Waals surface area contributed by atoms with Gasteiger partial charge in [0.25, 0.3) is 0 Å². The molecule has 2 aliphatic rings. The number of likely N-dealkylation sites (N-methyl/N-ethyl adjacent to an activating group) is 1. The highest BCUT2D eigenvalue weighted by Gasteiger charge is 2.40. The number of piperidine rings is 1. The molecule has 1 spiro atoms. The van der Waals surface area contributed by atoms with Gasteiger partial charge in [-0.15, -0.1) is 0 Å². The Morgan fingerprint density at radius 3 is 2.50 bits per heavy atom. The van der Waals surface area contributed by atoms with Crippen LogP contribution in [0.25, 0.3) is 0 Å². The third-order valence-electron chi connectivity index (χ3n) is 6.18. The molecular weight excluding hydrogens is 356 g/mol. The maximum absolute atomic E-state index is 10.2. The van der Waals surface area contributed by atoms with Crippen molar-refractivity contribution in [1.82, 2.24) is 9.80 Å². The summed E-state index contributed by atoms with van der Waals surface area (Å²) in [5, 5.41) is 10.2. The van der Waals surface area contributed by atoms with Crippen molar-refractivity contribution >= 4 is 0 Å². The van der Waals surface area contributed by atoms with Crippen LogP contribution in [0.2, 0.25) is 0 Å². The van der Waals surface area contributed by atoms with Gasteiger partial charge in [-0.2, -0.15) is 0 Å². The number of benzene rings is 1. The molecule has 0 aromatic heterocycles. The maximum atomic E-state index is 10.2. The molecule has 2 fully saturated rings. The number of aliphatic hydroxyl groups excluding tert-OH is 1. The predicted octanol–water partition coefficient (Wildman–Crippen LogP) is 2.53.